The Morgan fingerprint density at radius 3 is 2.75 bits per heavy atom. The fourth-order valence-electron chi connectivity index (χ4n) is 3.40. The Hall–Kier alpha value is -2.93. The van der Waals surface area contributed by atoms with Gasteiger partial charge in [-0.15, -0.1) is 11.3 Å². The number of H-pyrrole nitrogens is 1. The predicted molar refractivity (Wildman–Crippen MR) is 112 cm³/mol. The van der Waals surface area contributed by atoms with Gasteiger partial charge in [0.1, 0.15) is 10.5 Å². The van der Waals surface area contributed by atoms with Gasteiger partial charge in [-0.25, -0.2) is 4.98 Å². The van der Waals surface area contributed by atoms with Crippen molar-refractivity contribution < 1.29 is 4.79 Å². The number of thiophene rings is 1. The summed E-state index contributed by atoms with van der Waals surface area (Å²) in [7, 11) is 0. The molecule has 0 radical (unpaired) electrons. The number of fused-ring (bicyclic) bond motifs is 1. The SMILES string of the molecule is O=C(CCc1nc2ccsc2c(=O)[nH]1)N1CCN(C2=C/C=C\C=C/C=C2)CC1. The summed E-state index contributed by atoms with van der Waals surface area (Å²) in [5.41, 5.74) is 1.74. The summed E-state index contributed by atoms with van der Waals surface area (Å²) in [6, 6.07) is 1.84. The first-order chi connectivity index (χ1) is 13.7. The summed E-state index contributed by atoms with van der Waals surface area (Å²) in [5.74, 6) is 0.685. The van der Waals surface area contributed by atoms with Crippen molar-refractivity contribution in [2.45, 2.75) is 12.8 Å². The predicted octanol–water partition coefficient (Wildman–Crippen LogP) is 2.63. The van der Waals surface area contributed by atoms with E-state index in [-0.39, 0.29) is 11.5 Å². The number of carbonyl (C=O) groups excluding carboxylic acids is 1. The average Bonchev–Trinajstić information content (AvgIpc) is 3.15. The molecule has 0 unspecified atom stereocenters. The van der Waals surface area contributed by atoms with Crippen LogP contribution in [0, 0.1) is 0 Å². The molecule has 6 nitrogen and oxygen atoms in total. The van der Waals surface area contributed by atoms with Gasteiger partial charge in [-0.2, -0.15) is 0 Å². The lowest BCUT2D eigenvalue weighted by Gasteiger charge is -2.36. The standard InChI is InChI=1S/C21H22N4O2S/c26-19(9-8-18-22-17-10-15-28-20(17)21(27)23-18)25-13-11-24(12-14-25)16-6-4-2-1-3-5-7-16/h1-7,10,15H,8-9,11-14H2,(H,22,23,27)/b2-1-,3-1?,4-2?,5-3-,6-4?,7-5?,16-6?,16-7?. The highest BCUT2D eigenvalue weighted by Gasteiger charge is 2.21. The number of aromatic amines is 1. The van der Waals surface area contributed by atoms with Crippen molar-refractivity contribution in [2.75, 3.05) is 26.2 Å². The first kappa shape index (κ1) is 18.4. The van der Waals surface area contributed by atoms with Gasteiger partial charge in [0.05, 0.1) is 5.52 Å². The third kappa shape index (κ3) is 4.14. The lowest BCUT2D eigenvalue weighted by Crippen LogP contribution is -2.48. The largest absolute Gasteiger partial charge is 0.368 e. The van der Waals surface area contributed by atoms with Gasteiger partial charge in [-0.05, 0) is 23.6 Å². The molecule has 0 bridgehead atoms. The maximum Gasteiger partial charge on any atom is 0.268 e. The van der Waals surface area contributed by atoms with Crippen molar-refractivity contribution in [3.63, 3.8) is 0 Å². The van der Waals surface area contributed by atoms with E-state index in [0.29, 0.717) is 42.0 Å². The lowest BCUT2D eigenvalue weighted by molar-refractivity contribution is -0.132. The zero-order valence-corrected chi connectivity index (χ0v) is 16.3. The van der Waals surface area contributed by atoms with E-state index in [1.165, 1.54) is 17.0 Å². The van der Waals surface area contributed by atoms with E-state index in [1.807, 2.05) is 46.7 Å². The Morgan fingerprint density at radius 2 is 1.89 bits per heavy atom. The summed E-state index contributed by atoms with van der Waals surface area (Å²) in [6.45, 7) is 3.04. The van der Waals surface area contributed by atoms with E-state index in [0.717, 1.165) is 13.1 Å². The molecule has 2 aliphatic rings. The van der Waals surface area contributed by atoms with Crippen LogP contribution in [0.5, 0.6) is 0 Å². The van der Waals surface area contributed by atoms with Gasteiger partial charge in [0.25, 0.3) is 5.56 Å². The summed E-state index contributed by atoms with van der Waals surface area (Å²) >= 11 is 1.38. The van der Waals surface area contributed by atoms with Crippen molar-refractivity contribution in [3.05, 3.63) is 75.9 Å². The number of hydrogen-bond donors (Lipinski definition) is 1. The quantitative estimate of drug-likeness (QED) is 0.866. The van der Waals surface area contributed by atoms with Gasteiger partial charge in [-0.3, -0.25) is 9.59 Å². The third-order valence-corrected chi connectivity index (χ3v) is 5.82. The molecular weight excluding hydrogens is 372 g/mol. The summed E-state index contributed by atoms with van der Waals surface area (Å²) in [4.78, 5) is 36.1. The van der Waals surface area contributed by atoms with E-state index >= 15 is 0 Å². The van der Waals surface area contributed by atoms with Crippen LogP contribution in [-0.2, 0) is 11.2 Å². The Balaban J connectivity index is 1.32. The molecule has 2 aromatic rings. The second kappa shape index (κ2) is 8.39. The van der Waals surface area contributed by atoms with E-state index in [9.17, 15) is 9.59 Å². The fourth-order valence-corrected chi connectivity index (χ4v) is 4.13. The van der Waals surface area contributed by atoms with Crippen LogP contribution in [0.25, 0.3) is 10.2 Å². The second-order valence-electron chi connectivity index (χ2n) is 6.74. The highest BCUT2D eigenvalue weighted by Crippen LogP contribution is 2.15. The molecule has 1 N–H and O–H groups in total. The molecule has 28 heavy (non-hydrogen) atoms. The minimum Gasteiger partial charge on any atom is -0.368 e. The van der Waals surface area contributed by atoms with Gasteiger partial charge in [0.2, 0.25) is 5.91 Å². The van der Waals surface area contributed by atoms with Crippen molar-refractivity contribution in [1.82, 2.24) is 19.8 Å². The monoisotopic (exact) mass is 394 g/mol. The molecule has 0 aromatic carbocycles. The molecule has 1 aliphatic heterocycles. The number of aryl methyl sites for hydroxylation is 1. The number of rotatable bonds is 4. The second-order valence-corrected chi connectivity index (χ2v) is 7.65. The maximum atomic E-state index is 12.6. The highest BCUT2D eigenvalue weighted by molar-refractivity contribution is 7.17. The van der Waals surface area contributed by atoms with E-state index in [4.69, 9.17) is 0 Å². The van der Waals surface area contributed by atoms with E-state index in [2.05, 4.69) is 27.0 Å². The Bertz CT molecular complexity index is 1040. The molecule has 2 aromatic heterocycles. The Labute approximate surface area is 167 Å². The molecule has 0 atom stereocenters. The molecular formula is C21H22N4O2S. The number of amides is 1. The van der Waals surface area contributed by atoms with E-state index < -0.39 is 0 Å². The van der Waals surface area contributed by atoms with Crippen LogP contribution in [-0.4, -0.2) is 51.9 Å². The topological polar surface area (TPSA) is 69.3 Å². The van der Waals surface area contributed by atoms with Crippen molar-refractivity contribution in [3.8, 4) is 0 Å². The van der Waals surface area contributed by atoms with Crippen LogP contribution in [0.2, 0.25) is 0 Å². The number of nitrogens with zero attached hydrogens (tertiary/aromatic N) is 3. The summed E-state index contributed by atoms with van der Waals surface area (Å²) in [5, 5.41) is 1.86. The molecule has 1 saturated heterocycles. The number of piperazine rings is 1. The number of aromatic nitrogens is 2. The third-order valence-electron chi connectivity index (χ3n) is 4.92. The van der Waals surface area contributed by atoms with Crippen molar-refractivity contribution in [1.29, 1.82) is 0 Å². The van der Waals surface area contributed by atoms with Crippen LogP contribution in [0.15, 0.2) is 64.5 Å². The zero-order valence-electron chi connectivity index (χ0n) is 15.5. The molecule has 1 fully saturated rings. The average molecular weight is 395 g/mol. The van der Waals surface area contributed by atoms with Crippen LogP contribution in [0.1, 0.15) is 12.2 Å². The number of nitrogens with one attached hydrogen (secondary N) is 1. The molecule has 3 heterocycles. The Morgan fingerprint density at radius 1 is 1.11 bits per heavy atom. The molecule has 1 amide bonds. The van der Waals surface area contributed by atoms with Crippen molar-refractivity contribution >= 4 is 27.5 Å². The van der Waals surface area contributed by atoms with Crippen LogP contribution in [0.4, 0.5) is 0 Å². The molecule has 7 heteroatoms. The van der Waals surface area contributed by atoms with Crippen LogP contribution < -0.4 is 5.56 Å². The van der Waals surface area contributed by atoms with Gasteiger partial charge >= 0.3 is 0 Å². The van der Waals surface area contributed by atoms with Crippen molar-refractivity contribution in [2.24, 2.45) is 0 Å². The zero-order chi connectivity index (χ0) is 19.3. The van der Waals surface area contributed by atoms with Gasteiger partial charge in [0.15, 0.2) is 0 Å². The summed E-state index contributed by atoms with van der Waals surface area (Å²) < 4.78 is 0.633. The summed E-state index contributed by atoms with van der Waals surface area (Å²) in [6.07, 6.45) is 15.1. The highest BCUT2D eigenvalue weighted by atomic mass is 32.1. The first-order valence-corrected chi connectivity index (χ1v) is 10.3. The van der Waals surface area contributed by atoms with Gasteiger partial charge in [0, 0.05) is 44.7 Å². The Kier molecular flexibility index (Phi) is 5.53. The normalized spacial score (nSPS) is 19.2. The first-order valence-electron chi connectivity index (χ1n) is 9.41. The minimum atomic E-state index is -0.125. The molecule has 4 rings (SSSR count). The smallest absolute Gasteiger partial charge is 0.268 e. The number of hydrogen-bond acceptors (Lipinski definition) is 5. The maximum absolute atomic E-state index is 12.6. The molecule has 144 valence electrons. The lowest BCUT2D eigenvalue weighted by atomic mass is 10.2. The van der Waals surface area contributed by atoms with Gasteiger partial charge in [-0.1, -0.05) is 30.4 Å². The molecule has 0 saturated carbocycles. The molecule has 1 aliphatic carbocycles. The fraction of sp³-hybridized carbons (Fsp3) is 0.286. The van der Waals surface area contributed by atoms with Gasteiger partial charge < -0.3 is 14.8 Å². The number of carbonyl (C=O) groups is 1. The van der Waals surface area contributed by atoms with E-state index in [1.54, 1.807) is 0 Å². The minimum absolute atomic E-state index is 0.109. The number of allylic oxidation sites excluding steroid dienone is 7. The van der Waals surface area contributed by atoms with Crippen LogP contribution in [0.3, 0.4) is 0 Å². The van der Waals surface area contributed by atoms with Crippen LogP contribution >= 0.6 is 11.3 Å². The molecule has 0 spiro atoms.